The minimum absolute atomic E-state index is 0.548. The van der Waals surface area contributed by atoms with Gasteiger partial charge in [0.05, 0.1) is 32.7 Å². The number of aromatic nitrogens is 2. The summed E-state index contributed by atoms with van der Waals surface area (Å²) in [6.45, 7) is 0.548. The Balaban J connectivity index is 1.74. The Labute approximate surface area is 139 Å². The zero-order valence-electron chi connectivity index (χ0n) is 13.4. The Bertz CT molecular complexity index is 790. The van der Waals surface area contributed by atoms with E-state index >= 15 is 0 Å². The lowest BCUT2D eigenvalue weighted by molar-refractivity contribution is 0.405. The summed E-state index contributed by atoms with van der Waals surface area (Å²) in [5, 5.41) is 6.40. The third kappa shape index (κ3) is 3.75. The topological polar surface area (TPSA) is 81.4 Å². The number of hydrogen-bond acceptors (Lipinski definition) is 7. The second kappa shape index (κ2) is 7.36. The first-order valence-corrected chi connectivity index (χ1v) is 7.36. The monoisotopic (exact) mass is 326 g/mol. The van der Waals surface area contributed by atoms with Crippen LogP contribution in [0.4, 0.5) is 17.3 Å². The van der Waals surface area contributed by atoms with Crippen molar-refractivity contribution < 1.29 is 13.9 Å². The molecular formula is C17H18N4O3. The molecule has 0 saturated carbocycles. The molecule has 0 spiro atoms. The Morgan fingerprint density at radius 1 is 1.04 bits per heavy atom. The molecule has 2 N–H and O–H groups in total. The van der Waals surface area contributed by atoms with Gasteiger partial charge >= 0.3 is 0 Å². The number of furan rings is 1. The van der Waals surface area contributed by atoms with E-state index < -0.39 is 0 Å². The molecule has 24 heavy (non-hydrogen) atoms. The van der Waals surface area contributed by atoms with Crippen molar-refractivity contribution in [3.8, 4) is 11.5 Å². The SMILES string of the molecule is COc1ccc(OC)c(Nc2cc(NCc3ccco3)ncn2)c1. The maximum Gasteiger partial charge on any atom is 0.142 e. The largest absolute Gasteiger partial charge is 0.497 e. The Hall–Kier alpha value is -3.22. The number of ether oxygens (including phenoxy) is 2. The van der Waals surface area contributed by atoms with E-state index in [4.69, 9.17) is 13.9 Å². The van der Waals surface area contributed by atoms with Crippen LogP contribution in [0.3, 0.4) is 0 Å². The molecule has 0 radical (unpaired) electrons. The third-order valence-electron chi connectivity index (χ3n) is 3.36. The number of methoxy groups -OCH3 is 2. The zero-order chi connectivity index (χ0) is 16.8. The lowest BCUT2D eigenvalue weighted by Gasteiger charge is -2.12. The average molecular weight is 326 g/mol. The van der Waals surface area contributed by atoms with E-state index in [0.717, 1.165) is 17.2 Å². The number of benzene rings is 1. The molecule has 2 aromatic heterocycles. The summed E-state index contributed by atoms with van der Waals surface area (Å²) in [7, 11) is 3.23. The molecule has 2 heterocycles. The first-order valence-electron chi connectivity index (χ1n) is 7.36. The number of rotatable bonds is 7. The molecule has 1 aromatic carbocycles. The quantitative estimate of drug-likeness (QED) is 0.688. The highest BCUT2D eigenvalue weighted by atomic mass is 16.5. The molecule has 0 bridgehead atoms. The molecule has 3 aromatic rings. The molecule has 124 valence electrons. The first-order chi connectivity index (χ1) is 11.8. The predicted molar refractivity (Wildman–Crippen MR) is 90.9 cm³/mol. The second-order valence-corrected chi connectivity index (χ2v) is 4.91. The van der Waals surface area contributed by atoms with Crippen molar-refractivity contribution in [2.75, 3.05) is 24.9 Å². The Morgan fingerprint density at radius 2 is 1.92 bits per heavy atom. The van der Waals surface area contributed by atoms with Gasteiger partial charge in [0.2, 0.25) is 0 Å². The molecule has 7 nitrogen and oxygen atoms in total. The Kier molecular flexibility index (Phi) is 4.81. The normalized spacial score (nSPS) is 10.2. The van der Waals surface area contributed by atoms with E-state index in [0.29, 0.717) is 23.9 Å². The van der Waals surface area contributed by atoms with Crippen LogP contribution < -0.4 is 20.1 Å². The molecule has 3 rings (SSSR count). The molecule has 0 fully saturated rings. The van der Waals surface area contributed by atoms with Crippen molar-refractivity contribution in [1.82, 2.24) is 9.97 Å². The fourth-order valence-electron chi connectivity index (χ4n) is 2.16. The van der Waals surface area contributed by atoms with Gasteiger partial charge in [-0.05, 0) is 24.3 Å². The van der Waals surface area contributed by atoms with Gasteiger partial charge in [-0.15, -0.1) is 0 Å². The summed E-state index contributed by atoms with van der Waals surface area (Å²) in [6.07, 6.45) is 3.12. The van der Waals surface area contributed by atoms with Crippen LogP contribution in [0.2, 0.25) is 0 Å². The van der Waals surface area contributed by atoms with Crippen LogP contribution >= 0.6 is 0 Å². The zero-order valence-corrected chi connectivity index (χ0v) is 13.4. The molecule has 0 unspecified atom stereocenters. The third-order valence-corrected chi connectivity index (χ3v) is 3.36. The first kappa shape index (κ1) is 15.7. The summed E-state index contributed by atoms with van der Waals surface area (Å²) in [6, 6.07) is 11.1. The van der Waals surface area contributed by atoms with E-state index in [9.17, 15) is 0 Å². The van der Waals surface area contributed by atoms with Gasteiger partial charge in [0.15, 0.2) is 0 Å². The van der Waals surface area contributed by atoms with Gasteiger partial charge in [-0.25, -0.2) is 9.97 Å². The minimum atomic E-state index is 0.548. The van der Waals surface area contributed by atoms with Gasteiger partial charge in [-0.1, -0.05) is 0 Å². The van der Waals surface area contributed by atoms with Crippen LogP contribution in [0, 0.1) is 0 Å². The highest BCUT2D eigenvalue weighted by Crippen LogP contribution is 2.31. The van der Waals surface area contributed by atoms with Gasteiger partial charge < -0.3 is 24.5 Å². The molecule has 0 aliphatic rings. The summed E-state index contributed by atoms with van der Waals surface area (Å²) >= 11 is 0. The standard InChI is InChI=1S/C17H18N4O3/c1-22-12-5-6-15(23-2)14(8-12)21-17-9-16(19-11-20-17)18-10-13-4-3-7-24-13/h3-9,11H,10H2,1-2H3,(H2,18,19,20,21). The van der Waals surface area contributed by atoms with Crippen LogP contribution in [-0.4, -0.2) is 24.2 Å². The van der Waals surface area contributed by atoms with E-state index in [2.05, 4.69) is 20.6 Å². The van der Waals surface area contributed by atoms with Crippen molar-refractivity contribution in [3.05, 3.63) is 54.7 Å². The highest BCUT2D eigenvalue weighted by Gasteiger charge is 2.07. The lowest BCUT2D eigenvalue weighted by atomic mass is 10.2. The average Bonchev–Trinajstić information content (AvgIpc) is 3.14. The van der Waals surface area contributed by atoms with Crippen molar-refractivity contribution in [3.63, 3.8) is 0 Å². The van der Waals surface area contributed by atoms with Crippen molar-refractivity contribution in [2.45, 2.75) is 6.54 Å². The van der Waals surface area contributed by atoms with E-state index in [1.807, 2.05) is 36.4 Å². The van der Waals surface area contributed by atoms with Gasteiger partial charge in [0, 0.05) is 12.1 Å². The summed E-state index contributed by atoms with van der Waals surface area (Å²) < 4.78 is 15.9. The number of anilines is 3. The number of hydrogen-bond donors (Lipinski definition) is 2. The molecule has 0 saturated heterocycles. The van der Waals surface area contributed by atoms with Gasteiger partial charge in [0.1, 0.15) is 35.2 Å². The second-order valence-electron chi connectivity index (χ2n) is 4.91. The van der Waals surface area contributed by atoms with Crippen LogP contribution in [0.25, 0.3) is 0 Å². The van der Waals surface area contributed by atoms with Crippen LogP contribution in [0.15, 0.2) is 53.4 Å². The fraction of sp³-hybridized carbons (Fsp3) is 0.176. The maximum absolute atomic E-state index is 5.35. The van der Waals surface area contributed by atoms with E-state index in [1.54, 1.807) is 20.5 Å². The van der Waals surface area contributed by atoms with Crippen LogP contribution in [0.5, 0.6) is 11.5 Å². The minimum Gasteiger partial charge on any atom is -0.497 e. The van der Waals surface area contributed by atoms with Gasteiger partial charge in [-0.2, -0.15) is 0 Å². The van der Waals surface area contributed by atoms with Crippen molar-refractivity contribution in [1.29, 1.82) is 0 Å². The van der Waals surface area contributed by atoms with E-state index in [-0.39, 0.29) is 0 Å². The van der Waals surface area contributed by atoms with Gasteiger partial charge in [-0.3, -0.25) is 0 Å². The molecular weight excluding hydrogens is 308 g/mol. The predicted octanol–water partition coefficient (Wildman–Crippen LogP) is 3.44. The molecule has 7 heteroatoms. The summed E-state index contributed by atoms with van der Waals surface area (Å²) in [5.41, 5.74) is 0.757. The summed E-state index contributed by atoms with van der Waals surface area (Å²) in [5.74, 6) is 3.57. The smallest absolute Gasteiger partial charge is 0.142 e. The lowest BCUT2D eigenvalue weighted by Crippen LogP contribution is -2.03. The Morgan fingerprint density at radius 3 is 2.67 bits per heavy atom. The van der Waals surface area contributed by atoms with Crippen LogP contribution in [0.1, 0.15) is 5.76 Å². The molecule has 0 aliphatic carbocycles. The number of nitrogens with one attached hydrogen (secondary N) is 2. The highest BCUT2D eigenvalue weighted by molar-refractivity contribution is 5.67. The molecule has 0 aliphatic heterocycles. The van der Waals surface area contributed by atoms with Gasteiger partial charge in [0.25, 0.3) is 0 Å². The van der Waals surface area contributed by atoms with Crippen molar-refractivity contribution in [2.24, 2.45) is 0 Å². The molecule has 0 atom stereocenters. The fourth-order valence-corrected chi connectivity index (χ4v) is 2.16. The molecule has 0 amide bonds. The summed E-state index contributed by atoms with van der Waals surface area (Å²) in [4.78, 5) is 8.43. The van der Waals surface area contributed by atoms with E-state index in [1.165, 1.54) is 6.33 Å². The van der Waals surface area contributed by atoms with Crippen LogP contribution in [-0.2, 0) is 6.54 Å². The maximum atomic E-state index is 5.35. The van der Waals surface area contributed by atoms with Crippen molar-refractivity contribution >= 4 is 17.3 Å². The number of nitrogens with zero attached hydrogens (tertiary/aromatic N) is 2.